The Balaban J connectivity index is 1.44. The predicted octanol–water partition coefficient (Wildman–Crippen LogP) is 2.61. The molecule has 4 rings (SSSR count). The number of fused-ring (bicyclic) bond motifs is 2. The molecule has 1 aromatic heterocycles. The Labute approximate surface area is 148 Å². The number of carbonyl (C=O) groups excluding carboxylic acids is 2. The van der Waals surface area contributed by atoms with E-state index in [0.717, 1.165) is 16.5 Å². The summed E-state index contributed by atoms with van der Waals surface area (Å²) in [6.07, 6.45) is 2.42. The van der Waals surface area contributed by atoms with Crippen LogP contribution in [0.2, 0.25) is 0 Å². The van der Waals surface area contributed by atoms with Crippen LogP contribution in [0.5, 0.6) is 5.75 Å². The fraction of sp³-hybridized carbons (Fsp3) is 0.158. The Morgan fingerprint density at radius 3 is 3.04 bits per heavy atom. The van der Waals surface area contributed by atoms with Crippen LogP contribution in [0.4, 0.5) is 10.1 Å². The summed E-state index contributed by atoms with van der Waals surface area (Å²) in [7, 11) is 0. The fourth-order valence-corrected chi connectivity index (χ4v) is 3.07. The quantitative estimate of drug-likeness (QED) is 0.674. The van der Waals surface area contributed by atoms with E-state index >= 15 is 0 Å². The molecule has 3 aromatic rings. The number of ether oxygens (including phenoxy) is 1. The number of anilines is 1. The highest BCUT2D eigenvalue weighted by Crippen LogP contribution is 2.31. The average molecular weight is 353 g/mol. The molecule has 0 saturated heterocycles. The number of para-hydroxylation sites is 1. The summed E-state index contributed by atoms with van der Waals surface area (Å²) in [5.74, 6) is -0.429. The summed E-state index contributed by atoms with van der Waals surface area (Å²) >= 11 is 0. The van der Waals surface area contributed by atoms with Gasteiger partial charge in [0.25, 0.3) is 11.8 Å². The minimum absolute atomic E-state index is 0.108. The third-order valence-corrected chi connectivity index (χ3v) is 4.29. The lowest BCUT2D eigenvalue weighted by atomic mass is 10.1. The molecule has 0 radical (unpaired) electrons. The molecule has 3 N–H and O–H groups in total. The summed E-state index contributed by atoms with van der Waals surface area (Å²) in [5.41, 5.74) is 2.60. The molecule has 0 fully saturated rings. The molecule has 0 unspecified atom stereocenters. The van der Waals surface area contributed by atoms with Crippen LogP contribution in [0.3, 0.4) is 0 Å². The van der Waals surface area contributed by atoms with Crippen LogP contribution in [-0.2, 0) is 11.2 Å². The molecule has 0 spiro atoms. The second-order valence-corrected chi connectivity index (χ2v) is 6.03. The molecule has 2 amide bonds. The molecule has 0 aliphatic carbocycles. The summed E-state index contributed by atoms with van der Waals surface area (Å²) in [5, 5.41) is 6.47. The first kappa shape index (κ1) is 16.1. The standard InChI is InChI=1S/C19H16FN3O3/c20-12-4-5-13-11(9-22-16(13)8-12)6-7-21-19(25)14-2-1-3-15-18(14)26-10-17(24)23-15/h1-5,8-9,22H,6-7,10H2,(H,21,25)(H,23,24). The van der Waals surface area contributed by atoms with Crippen molar-refractivity contribution in [2.75, 3.05) is 18.5 Å². The number of nitrogens with one attached hydrogen (secondary N) is 3. The van der Waals surface area contributed by atoms with Gasteiger partial charge in [-0.3, -0.25) is 9.59 Å². The van der Waals surface area contributed by atoms with Crippen LogP contribution in [0, 0.1) is 5.82 Å². The molecule has 7 heteroatoms. The highest BCUT2D eigenvalue weighted by atomic mass is 19.1. The third kappa shape index (κ3) is 2.99. The molecule has 1 aliphatic heterocycles. The molecule has 0 bridgehead atoms. The van der Waals surface area contributed by atoms with E-state index in [-0.39, 0.29) is 24.2 Å². The number of aromatic amines is 1. The Hall–Kier alpha value is -3.35. The van der Waals surface area contributed by atoms with Crippen molar-refractivity contribution in [3.8, 4) is 5.75 Å². The van der Waals surface area contributed by atoms with Gasteiger partial charge in [-0.25, -0.2) is 4.39 Å². The summed E-state index contributed by atoms with van der Waals surface area (Å²) in [6.45, 7) is 0.308. The number of carbonyl (C=O) groups is 2. The molecular formula is C19H16FN3O3. The molecular weight excluding hydrogens is 337 g/mol. The summed E-state index contributed by atoms with van der Waals surface area (Å²) in [4.78, 5) is 26.9. The lowest BCUT2D eigenvalue weighted by molar-refractivity contribution is -0.118. The van der Waals surface area contributed by atoms with Gasteiger partial charge in [0.15, 0.2) is 12.4 Å². The van der Waals surface area contributed by atoms with Crippen molar-refractivity contribution >= 4 is 28.4 Å². The maximum absolute atomic E-state index is 13.2. The maximum Gasteiger partial charge on any atom is 0.262 e. The summed E-state index contributed by atoms with van der Waals surface area (Å²) in [6, 6.07) is 9.62. The first-order valence-corrected chi connectivity index (χ1v) is 8.21. The number of benzene rings is 2. The first-order chi connectivity index (χ1) is 12.6. The minimum Gasteiger partial charge on any atom is -0.481 e. The van der Waals surface area contributed by atoms with Crippen LogP contribution >= 0.6 is 0 Å². The highest BCUT2D eigenvalue weighted by Gasteiger charge is 2.22. The molecule has 132 valence electrons. The zero-order valence-corrected chi connectivity index (χ0v) is 13.8. The van der Waals surface area contributed by atoms with E-state index in [2.05, 4.69) is 15.6 Å². The predicted molar refractivity (Wildman–Crippen MR) is 94.9 cm³/mol. The van der Waals surface area contributed by atoms with Crippen LogP contribution < -0.4 is 15.4 Å². The van der Waals surface area contributed by atoms with Crippen LogP contribution in [0.25, 0.3) is 10.9 Å². The molecule has 1 aliphatic rings. The van der Waals surface area contributed by atoms with E-state index in [0.29, 0.717) is 30.0 Å². The number of rotatable bonds is 4. The number of hydrogen-bond acceptors (Lipinski definition) is 3. The third-order valence-electron chi connectivity index (χ3n) is 4.29. The number of H-pyrrole nitrogens is 1. The molecule has 0 saturated carbocycles. The zero-order chi connectivity index (χ0) is 18.1. The Morgan fingerprint density at radius 2 is 2.15 bits per heavy atom. The van der Waals surface area contributed by atoms with Gasteiger partial charge in [-0.2, -0.15) is 0 Å². The second kappa shape index (κ2) is 6.51. The van der Waals surface area contributed by atoms with Gasteiger partial charge in [0.05, 0.1) is 11.3 Å². The average Bonchev–Trinajstić information content (AvgIpc) is 3.03. The lowest BCUT2D eigenvalue weighted by Gasteiger charge is -2.20. The van der Waals surface area contributed by atoms with E-state index < -0.39 is 0 Å². The Morgan fingerprint density at radius 1 is 1.27 bits per heavy atom. The van der Waals surface area contributed by atoms with Gasteiger partial charge < -0.3 is 20.4 Å². The zero-order valence-electron chi connectivity index (χ0n) is 13.8. The van der Waals surface area contributed by atoms with Crippen molar-refractivity contribution in [3.05, 3.63) is 59.5 Å². The van der Waals surface area contributed by atoms with Crippen molar-refractivity contribution in [2.24, 2.45) is 0 Å². The number of amides is 2. The molecule has 6 nitrogen and oxygen atoms in total. The van der Waals surface area contributed by atoms with Crippen molar-refractivity contribution in [3.63, 3.8) is 0 Å². The fourth-order valence-electron chi connectivity index (χ4n) is 3.07. The molecule has 2 aromatic carbocycles. The van der Waals surface area contributed by atoms with E-state index in [4.69, 9.17) is 4.74 Å². The Bertz CT molecular complexity index is 1010. The second-order valence-electron chi connectivity index (χ2n) is 6.03. The van der Waals surface area contributed by atoms with E-state index in [1.165, 1.54) is 12.1 Å². The van der Waals surface area contributed by atoms with Crippen LogP contribution in [0.1, 0.15) is 15.9 Å². The van der Waals surface area contributed by atoms with Crippen LogP contribution in [0.15, 0.2) is 42.6 Å². The van der Waals surface area contributed by atoms with Gasteiger partial charge in [0, 0.05) is 23.6 Å². The molecule has 26 heavy (non-hydrogen) atoms. The van der Waals surface area contributed by atoms with Crippen molar-refractivity contribution < 1.29 is 18.7 Å². The monoisotopic (exact) mass is 353 g/mol. The number of halogens is 1. The number of aromatic nitrogens is 1. The van der Waals surface area contributed by atoms with E-state index in [9.17, 15) is 14.0 Å². The van der Waals surface area contributed by atoms with Gasteiger partial charge in [0.2, 0.25) is 0 Å². The van der Waals surface area contributed by atoms with Crippen molar-refractivity contribution in [1.29, 1.82) is 0 Å². The molecule has 0 atom stereocenters. The normalized spacial score (nSPS) is 13.0. The Kier molecular flexibility index (Phi) is 4.04. The summed E-state index contributed by atoms with van der Waals surface area (Å²) < 4.78 is 18.6. The smallest absolute Gasteiger partial charge is 0.262 e. The number of hydrogen-bond donors (Lipinski definition) is 3. The van der Waals surface area contributed by atoms with Gasteiger partial charge >= 0.3 is 0 Å². The van der Waals surface area contributed by atoms with E-state index in [1.807, 2.05) is 6.20 Å². The van der Waals surface area contributed by atoms with Crippen LogP contribution in [-0.4, -0.2) is 29.9 Å². The van der Waals surface area contributed by atoms with Crippen molar-refractivity contribution in [2.45, 2.75) is 6.42 Å². The van der Waals surface area contributed by atoms with E-state index in [1.54, 1.807) is 24.3 Å². The largest absolute Gasteiger partial charge is 0.481 e. The molecule has 2 heterocycles. The van der Waals surface area contributed by atoms with Gasteiger partial charge in [-0.05, 0) is 42.3 Å². The van der Waals surface area contributed by atoms with Gasteiger partial charge in [-0.15, -0.1) is 0 Å². The van der Waals surface area contributed by atoms with Gasteiger partial charge in [-0.1, -0.05) is 6.07 Å². The first-order valence-electron chi connectivity index (χ1n) is 8.21. The highest BCUT2D eigenvalue weighted by molar-refractivity contribution is 6.03. The van der Waals surface area contributed by atoms with Gasteiger partial charge in [0.1, 0.15) is 5.82 Å². The maximum atomic E-state index is 13.2. The topological polar surface area (TPSA) is 83.2 Å². The minimum atomic E-state index is -0.292. The van der Waals surface area contributed by atoms with Crippen molar-refractivity contribution in [1.82, 2.24) is 10.3 Å². The SMILES string of the molecule is O=C1COc2c(cccc2C(=O)NCCc2c[nH]c3cc(F)ccc23)N1. The lowest BCUT2D eigenvalue weighted by Crippen LogP contribution is -2.30.